The van der Waals surface area contributed by atoms with Crippen LogP contribution in [-0.4, -0.2) is 41.6 Å². The Morgan fingerprint density at radius 3 is 2.50 bits per heavy atom. The van der Waals surface area contributed by atoms with Crippen molar-refractivity contribution in [2.24, 2.45) is 0 Å². The highest BCUT2D eigenvalue weighted by atomic mass is 16.5. The van der Waals surface area contributed by atoms with Gasteiger partial charge in [0.25, 0.3) is 5.91 Å². The quantitative estimate of drug-likeness (QED) is 0.599. The summed E-state index contributed by atoms with van der Waals surface area (Å²) >= 11 is 0. The molecule has 0 spiro atoms. The molecule has 1 amide bonds. The summed E-state index contributed by atoms with van der Waals surface area (Å²) in [6.45, 7) is 7.71. The lowest BCUT2D eigenvalue weighted by Gasteiger charge is -2.19. The van der Waals surface area contributed by atoms with Gasteiger partial charge < -0.3 is 19.5 Å². The van der Waals surface area contributed by atoms with E-state index in [2.05, 4.69) is 24.1 Å². The van der Waals surface area contributed by atoms with E-state index >= 15 is 0 Å². The number of aromatic nitrogens is 1. The summed E-state index contributed by atoms with van der Waals surface area (Å²) in [5.41, 5.74) is 2.23. The van der Waals surface area contributed by atoms with Crippen molar-refractivity contribution < 1.29 is 9.53 Å². The van der Waals surface area contributed by atoms with Crippen molar-refractivity contribution in [3.8, 4) is 11.4 Å². The van der Waals surface area contributed by atoms with Crippen LogP contribution >= 0.6 is 0 Å². The fraction of sp³-hybridized carbons (Fsp3) is 0.261. The van der Waals surface area contributed by atoms with Crippen LogP contribution in [0.4, 0.5) is 5.69 Å². The van der Waals surface area contributed by atoms with Crippen LogP contribution in [-0.2, 0) is 0 Å². The van der Waals surface area contributed by atoms with E-state index < -0.39 is 0 Å². The number of carbonyl (C=O) groups is 1. The summed E-state index contributed by atoms with van der Waals surface area (Å²) in [5, 5.41) is 2.98. The number of nitrogens with zero attached hydrogens (tertiary/aromatic N) is 2. The van der Waals surface area contributed by atoms with Crippen LogP contribution in [0.15, 0.2) is 73.1 Å². The average Bonchev–Trinajstić information content (AvgIpc) is 3.27. The number of carbonyl (C=O) groups excluding carboxylic acids is 1. The highest BCUT2D eigenvalue weighted by molar-refractivity contribution is 6.05. The molecule has 0 radical (unpaired) electrons. The van der Waals surface area contributed by atoms with E-state index in [9.17, 15) is 4.79 Å². The van der Waals surface area contributed by atoms with E-state index in [0.29, 0.717) is 23.6 Å². The zero-order valence-electron chi connectivity index (χ0n) is 16.5. The molecule has 146 valence electrons. The van der Waals surface area contributed by atoms with Crippen molar-refractivity contribution >= 4 is 11.6 Å². The van der Waals surface area contributed by atoms with Gasteiger partial charge in [0.05, 0.1) is 5.69 Å². The van der Waals surface area contributed by atoms with Crippen molar-refractivity contribution in [3.05, 3.63) is 78.6 Å². The zero-order valence-corrected chi connectivity index (χ0v) is 16.5. The smallest absolute Gasteiger partial charge is 0.255 e. The Bertz CT molecular complexity index is 886. The minimum absolute atomic E-state index is 0.159. The standard InChI is InChI=1S/C23H27N3O2/c1-3-25(4-2)16-17-28-22-13-6-5-12-21(22)24-23(27)19-10-9-11-20(18-19)26-14-7-8-15-26/h5-15,18H,3-4,16-17H2,1-2H3,(H,24,27). The molecule has 0 unspecified atom stereocenters. The number of benzene rings is 2. The molecule has 0 saturated carbocycles. The van der Waals surface area contributed by atoms with Gasteiger partial charge >= 0.3 is 0 Å². The molecular formula is C23H27N3O2. The summed E-state index contributed by atoms with van der Waals surface area (Å²) < 4.78 is 7.90. The van der Waals surface area contributed by atoms with Crippen LogP contribution in [0.3, 0.4) is 0 Å². The Balaban J connectivity index is 1.68. The SMILES string of the molecule is CCN(CC)CCOc1ccccc1NC(=O)c1cccc(-n2cccc2)c1. The summed E-state index contributed by atoms with van der Waals surface area (Å²) in [6, 6.07) is 19.0. The number of rotatable bonds is 9. The van der Waals surface area contributed by atoms with Crippen LogP contribution in [0.5, 0.6) is 5.75 Å². The molecule has 5 heteroatoms. The third-order valence-corrected chi connectivity index (χ3v) is 4.71. The van der Waals surface area contributed by atoms with Crippen LogP contribution in [0, 0.1) is 0 Å². The summed E-state index contributed by atoms with van der Waals surface area (Å²) in [4.78, 5) is 15.1. The highest BCUT2D eigenvalue weighted by Gasteiger charge is 2.11. The molecule has 1 N–H and O–H groups in total. The van der Waals surface area contributed by atoms with Crippen molar-refractivity contribution in [2.75, 3.05) is 31.6 Å². The maximum Gasteiger partial charge on any atom is 0.255 e. The van der Waals surface area contributed by atoms with E-state index in [4.69, 9.17) is 4.74 Å². The van der Waals surface area contributed by atoms with Gasteiger partial charge in [-0.1, -0.05) is 32.0 Å². The predicted molar refractivity (Wildman–Crippen MR) is 113 cm³/mol. The summed E-state index contributed by atoms with van der Waals surface area (Å²) in [6.07, 6.45) is 3.91. The fourth-order valence-corrected chi connectivity index (χ4v) is 3.03. The monoisotopic (exact) mass is 377 g/mol. The molecule has 0 aliphatic carbocycles. The van der Waals surface area contributed by atoms with E-state index in [-0.39, 0.29) is 5.91 Å². The van der Waals surface area contributed by atoms with Gasteiger partial charge in [0, 0.05) is 30.2 Å². The number of ether oxygens (including phenoxy) is 1. The molecule has 28 heavy (non-hydrogen) atoms. The summed E-state index contributed by atoms with van der Waals surface area (Å²) in [5.74, 6) is 0.526. The first-order valence-electron chi connectivity index (χ1n) is 9.70. The van der Waals surface area contributed by atoms with Gasteiger partial charge in [0.2, 0.25) is 0 Å². The van der Waals surface area contributed by atoms with E-state index in [0.717, 1.165) is 25.3 Å². The number of amides is 1. The van der Waals surface area contributed by atoms with E-state index in [1.54, 1.807) is 0 Å². The largest absolute Gasteiger partial charge is 0.490 e. The van der Waals surface area contributed by atoms with Gasteiger partial charge in [-0.25, -0.2) is 0 Å². The average molecular weight is 377 g/mol. The Morgan fingerprint density at radius 1 is 1.00 bits per heavy atom. The second-order valence-electron chi connectivity index (χ2n) is 6.47. The lowest BCUT2D eigenvalue weighted by atomic mass is 10.1. The molecule has 5 nitrogen and oxygen atoms in total. The first-order valence-corrected chi connectivity index (χ1v) is 9.70. The minimum Gasteiger partial charge on any atom is -0.490 e. The minimum atomic E-state index is -0.159. The van der Waals surface area contributed by atoms with Crippen LogP contribution < -0.4 is 10.1 Å². The first kappa shape index (κ1) is 19.7. The number of nitrogens with one attached hydrogen (secondary N) is 1. The van der Waals surface area contributed by atoms with E-state index in [1.165, 1.54) is 0 Å². The van der Waals surface area contributed by atoms with Gasteiger partial charge in [-0.15, -0.1) is 0 Å². The van der Waals surface area contributed by atoms with Gasteiger partial charge in [-0.3, -0.25) is 4.79 Å². The van der Waals surface area contributed by atoms with Crippen LogP contribution in [0.25, 0.3) is 5.69 Å². The topological polar surface area (TPSA) is 46.5 Å². The molecule has 1 heterocycles. The van der Waals surface area contributed by atoms with Crippen molar-refractivity contribution in [2.45, 2.75) is 13.8 Å². The second kappa shape index (κ2) is 9.76. The molecule has 0 aliphatic rings. The highest BCUT2D eigenvalue weighted by Crippen LogP contribution is 2.24. The van der Waals surface area contributed by atoms with Gasteiger partial charge in [0.1, 0.15) is 12.4 Å². The third-order valence-electron chi connectivity index (χ3n) is 4.71. The van der Waals surface area contributed by atoms with Crippen LogP contribution in [0.1, 0.15) is 24.2 Å². The summed E-state index contributed by atoms with van der Waals surface area (Å²) in [7, 11) is 0. The van der Waals surface area contributed by atoms with Crippen molar-refractivity contribution in [1.82, 2.24) is 9.47 Å². The Morgan fingerprint density at radius 2 is 1.75 bits per heavy atom. The molecule has 3 rings (SSSR count). The Hall–Kier alpha value is -3.05. The number of likely N-dealkylation sites (N-methyl/N-ethyl adjacent to an activating group) is 1. The second-order valence-corrected chi connectivity index (χ2v) is 6.47. The van der Waals surface area contributed by atoms with E-state index in [1.807, 2.05) is 77.6 Å². The van der Waals surface area contributed by atoms with Crippen molar-refractivity contribution in [3.63, 3.8) is 0 Å². The molecule has 1 aromatic heterocycles. The van der Waals surface area contributed by atoms with Crippen LogP contribution in [0.2, 0.25) is 0 Å². The van der Waals surface area contributed by atoms with Gasteiger partial charge in [-0.2, -0.15) is 0 Å². The molecule has 0 saturated heterocycles. The normalized spacial score (nSPS) is 10.8. The maximum atomic E-state index is 12.8. The third kappa shape index (κ3) is 5.02. The lowest BCUT2D eigenvalue weighted by molar-refractivity contribution is 0.102. The molecular weight excluding hydrogens is 350 g/mol. The fourth-order valence-electron chi connectivity index (χ4n) is 3.03. The molecule has 3 aromatic rings. The van der Waals surface area contributed by atoms with Gasteiger partial charge in [0.15, 0.2) is 0 Å². The number of hydrogen-bond donors (Lipinski definition) is 1. The zero-order chi connectivity index (χ0) is 19.8. The Kier molecular flexibility index (Phi) is 6.87. The number of hydrogen-bond acceptors (Lipinski definition) is 3. The maximum absolute atomic E-state index is 12.8. The molecule has 0 atom stereocenters. The number of anilines is 1. The van der Waals surface area contributed by atoms with Crippen molar-refractivity contribution in [1.29, 1.82) is 0 Å². The molecule has 0 bridgehead atoms. The molecule has 2 aromatic carbocycles. The Labute approximate surface area is 166 Å². The van der Waals surface area contributed by atoms with Gasteiger partial charge in [-0.05, 0) is 55.6 Å². The molecule has 0 aliphatic heterocycles. The lowest BCUT2D eigenvalue weighted by Crippen LogP contribution is -2.28. The molecule has 0 fully saturated rings. The first-order chi connectivity index (χ1) is 13.7. The number of para-hydroxylation sites is 2. The predicted octanol–water partition coefficient (Wildman–Crippen LogP) is 4.45.